The Labute approximate surface area is 359 Å². The van der Waals surface area contributed by atoms with E-state index >= 15 is 0 Å². The van der Waals surface area contributed by atoms with E-state index in [4.69, 9.17) is 23.7 Å². The first kappa shape index (κ1) is 48.5. The van der Waals surface area contributed by atoms with Crippen LogP contribution in [-0.2, 0) is 46.6 Å². The van der Waals surface area contributed by atoms with Gasteiger partial charge in [0.15, 0.2) is 11.5 Å². The topological polar surface area (TPSA) is 190 Å². The maximum atomic E-state index is 13.1. The molecule has 334 valence electrons. The van der Waals surface area contributed by atoms with E-state index in [1.807, 2.05) is 45.0 Å². The van der Waals surface area contributed by atoms with Crippen LogP contribution in [0.2, 0.25) is 0 Å². The van der Waals surface area contributed by atoms with Crippen LogP contribution in [0.4, 0.5) is 0 Å². The Bertz CT molecular complexity index is 1880. The first-order valence-corrected chi connectivity index (χ1v) is 21.2. The van der Waals surface area contributed by atoms with Gasteiger partial charge < -0.3 is 38.7 Å². The Hall–Kier alpha value is -5.21. The van der Waals surface area contributed by atoms with Crippen molar-refractivity contribution in [3.8, 4) is 11.5 Å². The average molecular weight is 850 g/mol. The number of carbonyl (C=O) groups is 3. The molecular weight excluding hydrogens is 787 g/mol. The number of rotatable bonds is 24. The van der Waals surface area contributed by atoms with E-state index in [1.165, 1.54) is 24.3 Å². The number of methoxy groups -OCH3 is 1. The Morgan fingerprint density at radius 2 is 1.72 bits per heavy atom. The summed E-state index contributed by atoms with van der Waals surface area (Å²) in [5.74, 6) is 0.0915. The highest BCUT2D eigenvalue weighted by Gasteiger charge is 2.42. The molecule has 0 aromatic heterocycles. The lowest BCUT2D eigenvalue weighted by atomic mass is 9.65. The summed E-state index contributed by atoms with van der Waals surface area (Å²) in [7, 11) is 1.50. The molecule has 0 aliphatic heterocycles. The lowest BCUT2D eigenvalue weighted by molar-refractivity contribution is -0.757. The average Bonchev–Trinajstić information content (AvgIpc) is 3.22. The molecule has 0 unspecified atom stereocenters. The standard InChI is InChI=1S/C47H63NO13/c1-7-47(4,5)46(53)61-42-25-31(2)24-34-17-14-32(3)39(45(34)42)19-18-37(49)27-38(50)28-44(52)59-30-36-13-9-8-12-35(36)29-58-40-20-15-33(26-41(40)56-6)16-21-43(51)57-22-10-11-23-60-48(54)55/h8-9,12-13,15-17,20-21,24,26,32,37-39,42,45,49-50H,7,10-11,14,18-19,22-23,25,27-30H2,1-6H3/b21-16+/t32-,37+,38+,39-,42-,45-/m0/s1. The van der Waals surface area contributed by atoms with E-state index in [9.17, 15) is 34.7 Å². The van der Waals surface area contributed by atoms with E-state index in [2.05, 4.69) is 30.8 Å². The molecule has 14 nitrogen and oxygen atoms in total. The fourth-order valence-corrected chi connectivity index (χ4v) is 7.63. The second kappa shape index (κ2) is 23.7. The molecule has 2 aromatic rings. The maximum absolute atomic E-state index is 13.1. The number of esters is 3. The monoisotopic (exact) mass is 849 g/mol. The van der Waals surface area contributed by atoms with Gasteiger partial charge in [-0.25, -0.2) is 4.79 Å². The molecule has 4 rings (SSSR count). The Balaban J connectivity index is 1.23. The number of benzene rings is 2. The third-order valence-electron chi connectivity index (χ3n) is 11.6. The third kappa shape index (κ3) is 15.3. The first-order chi connectivity index (χ1) is 29.1. The molecule has 0 fully saturated rings. The van der Waals surface area contributed by atoms with Gasteiger partial charge >= 0.3 is 17.9 Å². The highest BCUT2D eigenvalue weighted by Crippen LogP contribution is 2.46. The number of nitrogens with zero attached hydrogens (tertiary/aromatic N) is 1. The van der Waals surface area contributed by atoms with Crippen molar-refractivity contribution in [3.05, 3.63) is 98.6 Å². The maximum Gasteiger partial charge on any atom is 0.330 e. The normalized spacial score (nSPS) is 19.7. The van der Waals surface area contributed by atoms with Crippen molar-refractivity contribution < 1.29 is 58.2 Å². The number of carbonyl (C=O) groups excluding carboxylic acids is 3. The summed E-state index contributed by atoms with van der Waals surface area (Å²) in [4.78, 5) is 52.5. The summed E-state index contributed by atoms with van der Waals surface area (Å²) in [5, 5.41) is 31.1. The summed E-state index contributed by atoms with van der Waals surface area (Å²) in [6.45, 7) is 10.2. The van der Waals surface area contributed by atoms with Gasteiger partial charge in [0, 0.05) is 18.4 Å². The van der Waals surface area contributed by atoms with Crippen LogP contribution in [0, 0.1) is 33.3 Å². The minimum atomic E-state index is -1.09. The van der Waals surface area contributed by atoms with E-state index in [0.717, 1.165) is 17.5 Å². The number of fused-ring (bicyclic) bond motifs is 1. The van der Waals surface area contributed by atoms with Crippen molar-refractivity contribution >= 4 is 24.0 Å². The summed E-state index contributed by atoms with van der Waals surface area (Å²) in [6.07, 6.45) is 9.10. The van der Waals surface area contributed by atoms with Crippen molar-refractivity contribution in [2.24, 2.45) is 23.2 Å². The molecule has 6 atom stereocenters. The van der Waals surface area contributed by atoms with E-state index < -0.39 is 34.6 Å². The zero-order valence-electron chi connectivity index (χ0n) is 36.3. The van der Waals surface area contributed by atoms with Gasteiger partial charge in [-0.15, -0.1) is 10.1 Å². The van der Waals surface area contributed by atoms with Gasteiger partial charge in [0.2, 0.25) is 0 Å². The van der Waals surface area contributed by atoms with Gasteiger partial charge in [0.25, 0.3) is 5.09 Å². The van der Waals surface area contributed by atoms with Gasteiger partial charge in [-0.2, -0.15) is 0 Å². The molecule has 0 saturated carbocycles. The molecule has 14 heteroatoms. The lowest BCUT2D eigenvalue weighted by Gasteiger charge is -2.43. The zero-order valence-corrected chi connectivity index (χ0v) is 36.3. The van der Waals surface area contributed by atoms with Crippen molar-refractivity contribution in [1.29, 1.82) is 0 Å². The molecule has 2 aromatic carbocycles. The Morgan fingerprint density at radius 3 is 2.43 bits per heavy atom. The van der Waals surface area contributed by atoms with Crippen molar-refractivity contribution in [3.63, 3.8) is 0 Å². The van der Waals surface area contributed by atoms with Crippen LogP contribution in [0.15, 0.2) is 71.8 Å². The lowest BCUT2D eigenvalue weighted by Crippen LogP contribution is -2.42. The minimum Gasteiger partial charge on any atom is -0.493 e. The predicted molar refractivity (Wildman–Crippen MR) is 227 cm³/mol. The fourth-order valence-electron chi connectivity index (χ4n) is 7.63. The number of unbranched alkanes of at least 4 members (excludes halogenated alkanes) is 1. The molecule has 0 spiro atoms. The minimum absolute atomic E-state index is 0.0299. The molecule has 0 bridgehead atoms. The van der Waals surface area contributed by atoms with Gasteiger partial charge in [0.1, 0.15) is 19.3 Å². The molecule has 61 heavy (non-hydrogen) atoms. The van der Waals surface area contributed by atoms with Crippen LogP contribution >= 0.6 is 0 Å². The number of hydrogen-bond donors (Lipinski definition) is 2. The number of aliphatic hydroxyl groups is 2. The van der Waals surface area contributed by atoms with E-state index in [1.54, 1.807) is 24.3 Å². The largest absolute Gasteiger partial charge is 0.493 e. The SMILES string of the molecule is CCC(C)(C)C(=O)O[C@H]1CC(C)=CC2=CC[C@H](C)[C@H](CC[C@@H](O)C[C@@H](O)CC(=O)OCc3ccccc3COc3ccc(/C=C/C(=O)OCCCCO[N+](=O)[O-])cc3OC)[C@H]21. The number of ether oxygens (including phenoxy) is 5. The highest BCUT2D eigenvalue weighted by atomic mass is 16.9. The van der Waals surface area contributed by atoms with Crippen LogP contribution in [0.25, 0.3) is 6.08 Å². The van der Waals surface area contributed by atoms with Crippen LogP contribution < -0.4 is 9.47 Å². The van der Waals surface area contributed by atoms with Gasteiger partial charge in [-0.05, 0) is 118 Å². The van der Waals surface area contributed by atoms with Crippen LogP contribution in [0.1, 0.15) is 109 Å². The quantitative estimate of drug-likeness (QED) is 0.0258. The summed E-state index contributed by atoms with van der Waals surface area (Å²) >= 11 is 0. The smallest absolute Gasteiger partial charge is 0.330 e. The second-order valence-electron chi connectivity index (χ2n) is 16.7. The van der Waals surface area contributed by atoms with Gasteiger partial charge in [-0.3, -0.25) is 9.59 Å². The number of allylic oxidation sites excluding steroid dienone is 2. The van der Waals surface area contributed by atoms with Gasteiger partial charge in [0.05, 0.1) is 44.4 Å². The molecule has 0 radical (unpaired) electrons. The zero-order chi connectivity index (χ0) is 44.5. The molecular formula is C47H63NO13. The molecule has 0 heterocycles. The molecule has 2 N–H and O–H groups in total. The number of aliphatic hydroxyl groups excluding tert-OH is 2. The fraction of sp³-hybridized carbons (Fsp3) is 0.553. The number of hydrogen-bond acceptors (Lipinski definition) is 13. The van der Waals surface area contributed by atoms with E-state index in [-0.39, 0.29) is 63.2 Å². The molecule has 0 amide bonds. The van der Waals surface area contributed by atoms with Crippen molar-refractivity contribution in [2.45, 2.75) is 124 Å². The third-order valence-corrected chi connectivity index (χ3v) is 11.6. The van der Waals surface area contributed by atoms with Crippen LogP contribution in [-0.4, -0.2) is 71.8 Å². The molecule has 2 aliphatic rings. The molecule has 2 aliphatic carbocycles. The Morgan fingerprint density at radius 1 is 1.00 bits per heavy atom. The van der Waals surface area contributed by atoms with E-state index in [0.29, 0.717) is 61.5 Å². The summed E-state index contributed by atoms with van der Waals surface area (Å²) in [6, 6.07) is 12.5. The van der Waals surface area contributed by atoms with Crippen molar-refractivity contribution in [1.82, 2.24) is 0 Å². The summed E-state index contributed by atoms with van der Waals surface area (Å²) in [5.41, 5.74) is 3.96. The van der Waals surface area contributed by atoms with Crippen LogP contribution in [0.5, 0.6) is 11.5 Å². The van der Waals surface area contributed by atoms with Crippen molar-refractivity contribution in [2.75, 3.05) is 20.3 Å². The Kier molecular flexibility index (Phi) is 18.8. The van der Waals surface area contributed by atoms with Gasteiger partial charge in [-0.1, -0.05) is 61.9 Å². The predicted octanol–water partition coefficient (Wildman–Crippen LogP) is 8.04. The molecule has 0 saturated heterocycles. The van der Waals surface area contributed by atoms with Crippen LogP contribution in [0.3, 0.4) is 0 Å². The highest BCUT2D eigenvalue weighted by molar-refractivity contribution is 5.87. The summed E-state index contributed by atoms with van der Waals surface area (Å²) < 4.78 is 28.5. The first-order valence-electron chi connectivity index (χ1n) is 21.2. The second-order valence-corrected chi connectivity index (χ2v) is 16.7.